The number of halogens is 1. The van der Waals surface area contributed by atoms with E-state index >= 15 is 0 Å². The van der Waals surface area contributed by atoms with Crippen LogP contribution in [0.3, 0.4) is 0 Å². The van der Waals surface area contributed by atoms with Gasteiger partial charge in [0.1, 0.15) is 10.7 Å². The van der Waals surface area contributed by atoms with Crippen LogP contribution in [0.5, 0.6) is 11.6 Å². The average Bonchev–Trinajstić information content (AvgIpc) is 2.38. The van der Waals surface area contributed by atoms with Gasteiger partial charge in [-0.05, 0) is 50.1 Å². The highest BCUT2D eigenvalue weighted by Gasteiger charge is 2.15. The molecule has 2 N–H and O–H groups in total. The van der Waals surface area contributed by atoms with Gasteiger partial charge in [-0.3, -0.25) is 0 Å². The Morgan fingerprint density at radius 3 is 2.55 bits per heavy atom. The maximum atomic E-state index is 5.99. The van der Waals surface area contributed by atoms with Crippen molar-refractivity contribution >= 4 is 28.8 Å². The third-order valence-corrected chi connectivity index (χ3v) is 3.64. The van der Waals surface area contributed by atoms with Gasteiger partial charge >= 0.3 is 0 Å². The lowest BCUT2D eigenvalue weighted by Gasteiger charge is -2.12. The summed E-state index contributed by atoms with van der Waals surface area (Å²) in [5.74, 6) is 0.921. The van der Waals surface area contributed by atoms with Crippen molar-refractivity contribution in [3.8, 4) is 11.6 Å². The number of nitrogens with zero attached hydrogens (tertiary/aromatic N) is 2. The fourth-order valence-corrected chi connectivity index (χ4v) is 2.10. The molecule has 0 amide bonds. The molecular formula is C14H14ClN3OS. The summed E-state index contributed by atoms with van der Waals surface area (Å²) < 4.78 is 5.74. The predicted molar refractivity (Wildman–Crippen MR) is 83.7 cm³/mol. The second-order valence-electron chi connectivity index (χ2n) is 4.47. The molecule has 0 spiro atoms. The minimum Gasteiger partial charge on any atom is -0.437 e. The number of nitrogens with two attached hydrogens (primary N) is 1. The third-order valence-electron chi connectivity index (χ3n) is 3.01. The topological polar surface area (TPSA) is 61.0 Å². The van der Waals surface area contributed by atoms with Gasteiger partial charge in [0.15, 0.2) is 0 Å². The first-order chi connectivity index (χ1) is 9.40. The molecule has 0 saturated heterocycles. The number of aryl methyl sites for hydroxylation is 2. The van der Waals surface area contributed by atoms with Gasteiger partial charge < -0.3 is 10.5 Å². The number of hydrogen-bond acceptors (Lipinski definition) is 4. The number of rotatable bonds is 3. The molecule has 1 heterocycles. The van der Waals surface area contributed by atoms with Crippen LogP contribution >= 0.6 is 23.8 Å². The van der Waals surface area contributed by atoms with Crippen molar-refractivity contribution in [1.29, 1.82) is 0 Å². The van der Waals surface area contributed by atoms with Gasteiger partial charge in [-0.2, -0.15) is 5.10 Å². The van der Waals surface area contributed by atoms with Gasteiger partial charge in [0.2, 0.25) is 5.88 Å². The van der Waals surface area contributed by atoms with Crippen LogP contribution < -0.4 is 10.5 Å². The molecule has 20 heavy (non-hydrogen) atoms. The Labute approximate surface area is 127 Å². The first kappa shape index (κ1) is 14.7. The fourth-order valence-electron chi connectivity index (χ4n) is 1.74. The first-order valence-electron chi connectivity index (χ1n) is 5.98. The first-order valence-corrected chi connectivity index (χ1v) is 6.76. The lowest BCUT2D eigenvalue weighted by molar-refractivity contribution is 0.452. The summed E-state index contributed by atoms with van der Waals surface area (Å²) in [4.78, 5) is 0.237. The smallest absolute Gasteiger partial charge is 0.249 e. The number of benzene rings is 1. The predicted octanol–water partition coefficient (Wildman–Crippen LogP) is 3.48. The SMILES string of the molecule is Cc1cc(Oc2nnc(C)c(C)c2C(N)=S)ccc1Cl. The Bertz CT molecular complexity index is 688. The van der Waals surface area contributed by atoms with Gasteiger partial charge in [0, 0.05) is 5.02 Å². The highest BCUT2D eigenvalue weighted by atomic mass is 35.5. The number of thiocarbonyl (C=S) groups is 1. The molecule has 0 aliphatic heterocycles. The Morgan fingerprint density at radius 2 is 1.95 bits per heavy atom. The number of aromatic nitrogens is 2. The second-order valence-corrected chi connectivity index (χ2v) is 5.31. The van der Waals surface area contributed by atoms with Crippen molar-refractivity contribution in [1.82, 2.24) is 10.2 Å². The molecule has 2 aromatic rings. The van der Waals surface area contributed by atoms with E-state index in [0.29, 0.717) is 22.2 Å². The molecule has 1 aromatic carbocycles. The molecular weight excluding hydrogens is 294 g/mol. The van der Waals surface area contributed by atoms with E-state index < -0.39 is 0 Å². The molecule has 2 rings (SSSR count). The van der Waals surface area contributed by atoms with Crippen LogP contribution in [0.2, 0.25) is 5.02 Å². The van der Waals surface area contributed by atoms with Crippen LogP contribution in [-0.2, 0) is 0 Å². The van der Waals surface area contributed by atoms with Crippen molar-refractivity contribution in [2.45, 2.75) is 20.8 Å². The molecule has 0 unspecified atom stereocenters. The summed E-state index contributed by atoms with van der Waals surface area (Å²) >= 11 is 11.1. The minimum absolute atomic E-state index is 0.237. The van der Waals surface area contributed by atoms with Crippen LogP contribution in [0, 0.1) is 20.8 Å². The molecule has 0 aliphatic carbocycles. The van der Waals surface area contributed by atoms with E-state index in [1.807, 2.05) is 26.8 Å². The Morgan fingerprint density at radius 1 is 1.25 bits per heavy atom. The van der Waals surface area contributed by atoms with Gasteiger partial charge in [0.05, 0.1) is 11.3 Å². The van der Waals surface area contributed by atoms with Gasteiger partial charge in [0.25, 0.3) is 0 Å². The maximum Gasteiger partial charge on any atom is 0.249 e. The summed E-state index contributed by atoms with van der Waals surface area (Å²) in [6, 6.07) is 5.35. The molecule has 0 atom stereocenters. The van der Waals surface area contributed by atoms with Crippen LogP contribution in [0.1, 0.15) is 22.4 Å². The lowest BCUT2D eigenvalue weighted by Crippen LogP contribution is -2.15. The molecule has 0 aliphatic rings. The Hall–Kier alpha value is -1.72. The average molecular weight is 308 g/mol. The van der Waals surface area contributed by atoms with E-state index in [9.17, 15) is 0 Å². The van der Waals surface area contributed by atoms with E-state index in [4.69, 9.17) is 34.3 Å². The quantitative estimate of drug-likeness (QED) is 0.880. The van der Waals surface area contributed by atoms with Crippen molar-refractivity contribution in [2.75, 3.05) is 0 Å². The minimum atomic E-state index is 0.237. The summed E-state index contributed by atoms with van der Waals surface area (Å²) in [5.41, 5.74) is 8.92. The van der Waals surface area contributed by atoms with Crippen LogP contribution in [0.25, 0.3) is 0 Å². The van der Waals surface area contributed by atoms with E-state index in [1.165, 1.54) is 0 Å². The number of ether oxygens (including phenoxy) is 1. The third kappa shape index (κ3) is 2.89. The van der Waals surface area contributed by atoms with E-state index in [2.05, 4.69) is 10.2 Å². The van der Waals surface area contributed by atoms with Crippen LogP contribution in [0.4, 0.5) is 0 Å². The zero-order valence-corrected chi connectivity index (χ0v) is 13.0. The van der Waals surface area contributed by atoms with Crippen LogP contribution in [0.15, 0.2) is 18.2 Å². The fraction of sp³-hybridized carbons (Fsp3) is 0.214. The molecule has 0 fully saturated rings. The zero-order chi connectivity index (χ0) is 14.9. The monoisotopic (exact) mass is 307 g/mol. The van der Waals surface area contributed by atoms with Crippen LogP contribution in [-0.4, -0.2) is 15.2 Å². The molecule has 0 bridgehead atoms. The normalized spacial score (nSPS) is 10.4. The highest BCUT2D eigenvalue weighted by Crippen LogP contribution is 2.28. The second kappa shape index (κ2) is 5.73. The van der Waals surface area contributed by atoms with E-state index in [-0.39, 0.29) is 4.99 Å². The summed E-state index contributed by atoms with van der Waals surface area (Å²) in [5, 5.41) is 8.76. The van der Waals surface area contributed by atoms with Crippen molar-refractivity contribution in [3.05, 3.63) is 45.6 Å². The van der Waals surface area contributed by atoms with E-state index in [0.717, 1.165) is 16.8 Å². The molecule has 6 heteroatoms. The molecule has 0 radical (unpaired) electrons. The van der Waals surface area contributed by atoms with Crippen molar-refractivity contribution < 1.29 is 4.74 Å². The highest BCUT2D eigenvalue weighted by molar-refractivity contribution is 7.80. The van der Waals surface area contributed by atoms with Gasteiger partial charge in [-0.25, -0.2) is 0 Å². The van der Waals surface area contributed by atoms with E-state index in [1.54, 1.807) is 12.1 Å². The molecule has 0 saturated carbocycles. The van der Waals surface area contributed by atoms with Gasteiger partial charge in [-0.15, -0.1) is 5.10 Å². The largest absolute Gasteiger partial charge is 0.437 e. The van der Waals surface area contributed by atoms with Gasteiger partial charge in [-0.1, -0.05) is 23.8 Å². The maximum absolute atomic E-state index is 5.99. The molecule has 4 nitrogen and oxygen atoms in total. The zero-order valence-electron chi connectivity index (χ0n) is 11.4. The van der Waals surface area contributed by atoms with Crippen molar-refractivity contribution in [3.63, 3.8) is 0 Å². The molecule has 1 aromatic heterocycles. The Kier molecular flexibility index (Phi) is 4.20. The summed E-state index contributed by atoms with van der Waals surface area (Å²) in [6.07, 6.45) is 0. The number of hydrogen-bond donors (Lipinski definition) is 1. The van der Waals surface area contributed by atoms with Crippen molar-refractivity contribution in [2.24, 2.45) is 5.73 Å². The molecule has 104 valence electrons. The summed E-state index contributed by atoms with van der Waals surface area (Å²) in [7, 11) is 0. The Balaban J connectivity index is 2.45. The standard InChI is InChI=1S/C14H14ClN3OS/c1-7-6-10(4-5-11(7)15)19-14-12(13(16)20)8(2)9(3)17-18-14/h4-6H,1-3H3,(H2,16,20). The summed E-state index contributed by atoms with van der Waals surface area (Å²) in [6.45, 7) is 5.63. The lowest BCUT2D eigenvalue weighted by atomic mass is 10.1.